The third kappa shape index (κ3) is 4.30. The Labute approximate surface area is 164 Å². The van der Waals surface area contributed by atoms with Crippen molar-refractivity contribution in [2.24, 2.45) is 0 Å². The minimum Gasteiger partial charge on any atom is -0.460 e. The van der Waals surface area contributed by atoms with Gasteiger partial charge in [-0.25, -0.2) is 9.18 Å². The topological polar surface area (TPSA) is 50.8 Å². The summed E-state index contributed by atoms with van der Waals surface area (Å²) in [7, 11) is 1.55. The fraction of sp³-hybridized carbons (Fsp3) is 0.500. The molecule has 1 atom stereocenters. The van der Waals surface area contributed by atoms with Crippen molar-refractivity contribution >= 4 is 23.3 Å². The second-order valence-corrected chi connectivity index (χ2v) is 7.26. The molecule has 2 aliphatic rings. The number of rotatable bonds is 6. The third-order valence-corrected chi connectivity index (χ3v) is 5.45. The van der Waals surface area contributed by atoms with E-state index in [0.717, 1.165) is 31.4 Å². The molecule has 1 N–H and O–H groups in total. The van der Waals surface area contributed by atoms with E-state index < -0.39 is 12.0 Å². The van der Waals surface area contributed by atoms with E-state index in [1.165, 1.54) is 12.1 Å². The molecule has 3 rings (SSSR count). The molecule has 0 radical (unpaired) electrons. The van der Waals surface area contributed by atoms with Crippen molar-refractivity contribution < 1.29 is 18.7 Å². The molecule has 0 aromatic heterocycles. The summed E-state index contributed by atoms with van der Waals surface area (Å²) in [6.45, 7) is 2.38. The summed E-state index contributed by atoms with van der Waals surface area (Å²) in [4.78, 5) is 14.9. The lowest BCUT2D eigenvalue weighted by Gasteiger charge is -2.40. The molecule has 27 heavy (non-hydrogen) atoms. The first-order valence-electron chi connectivity index (χ1n) is 9.25. The Morgan fingerprint density at radius 3 is 2.74 bits per heavy atom. The Bertz CT molecular complexity index is 746. The first kappa shape index (κ1) is 19.8. The van der Waals surface area contributed by atoms with Crippen LogP contribution in [-0.2, 0) is 14.3 Å². The van der Waals surface area contributed by atoms with Gasteiger partial charge in [-0.1, -0.05) is 25.0 Å². The van der Waals surface area contributed by atoms with E-state index >= 15 is 0 Å². The lowest BCUT2D eigenvalue weighted by atomic mass is 9.94. The molecule has 0 saturated heterocycles. The van der Waals surface area contributed by atoms with E-state index in [4.69, 9.17) is 21.7 Å². The molecule has 7 heteroatoms. The van der Waals surface area contributed by atoms with E-state index in [2.05, 4.69) is 5.32 Å². The Morgan fingerprint density at radius 2 is 2.07 bits per heavy atom. The quantitative estimate of drug-likeness (QED) is 0.455. The van der Waals surface area contributed by atoms with Crippen molar-refractivity contribution in [3.8, 4) is 0 Å². The number of hydrogen-bond acceptors (Lipinski definition) is 4. The van der Waals surface area contributed by atoms with E-state index in [0.29, 0.717) is 22.9 Å². The Hall–Kier alpha value is -1.99. The van der Waals surface area contributed by atoms with Gasteiger partial charge >= 0.3 is 5.97 Å². The average Bonchev–Trinajstić information content (AvgIpc) is 3.15. The zero-order valence-corrected chi connectivity index (χ0v) is 16.5. The highest BCUT2D eigenvalue weighted by atomic mass is 32.1. The van der Waals surface area contributed by atoms with Crippen LogP contribution in [-0.4, -0.2) is 42.3 Å². The van der Waals surface area contributed by atoms with Crippen LogP contribution in [0.1, 0.15) is 44.2 Å². The molecule has 1 aliphatic heterocycles. The molecular weight excluding hydrogens is 367 g/mol. The third-order valence-electron chi connectivity index (χ3n) is 5.14. The van der Waals surface area contributed by atoms with Crippen LogP contribution < -0.4 is 5.32 Å². The molecule has 1 saturated carbocycles. The fourth-order valence-corrected chi connectivity index (χ4v) is 4.26. The highest BCUT2D eigenvalue weighted by molar-refractivity contribution is 7.80. The Balaban J connectivity index is 1.98. The normalized spacial score (nSPS) is 20.8. The van der Waals surface area contributed by atoms with Crippen molar-refractivity contribution in [2.45, 2.75) is 44.7 Å². The van der Waals surface area contributed by atoms with Gasteiger partial charge in [-0.15, -0.1) is 0 Å². The molecule has 1 aromatic rings. The number of thiocarbonyl (C=S) groups is 1. The van der Waals surface area contributed by atoms with Gasteiger partial charge in [0.25, 0.3) is 0 Å². The summed E-state index contributed by atoms with van der Waals surface area (Å²) < 4.78 is 24.2. The van der Waals surface area contributed by atoms with Crippen LogP contribution in [0.3, 0.4) is 0 Å². The number of esters is 1. The van der Waals surface area contributed by atoms with Gasteiger partial charge in [-0.05, 0) is 49.7 Å². The molecule has 0 bridgehead atoms. The molecular formula is C20H25FN2O3S. The lowest BCUT2D eigenvalue weighted by Crippen LogP contribution is -2.51. The van der Waals surface area contributed by atoms with Crippen molar-refractivity contribution in [2.75, 3.05) is 20.3 Å². The molecule has 1 fully saturated rings. The van der Waals surface area contributed by atoms with E-state index in [1.54, 1.807) is 19.2 Å². The van der Waals surface area contributed by atoms with E-state index in [1.807, 2.05) is 11.8 Å². The zero-order valence-electron chi connectivity index (χ0n) is 15.7. The van der Waals surface area contributed by atoms with Crippen molar-refractivity contribution in [3.05, 3.63) is 46.9 Å². The highest BCUT2D eigenvalue weighted by Gasteiger charge is 2.38. The summed E-state index contributed by atoms with van der Waals surface area (Å²) in [5, 5.41) is 3.81. The number of carbonyl (C=O) groups is 1. The number of benzene rings is 1. The van der Waals surface area contributed by atoms with Gasteiger partial charge in [0, 0.05) is 18.8 Å². The predicted molar refractivity (Wildman–Crippen MR) is 105 cm³/mol. The molecule has 0 unspecified atom stereocenters. The SMILES string of the molecule is COCCOC(=O)C1=C(C)N(C2CCCC2)C(=S)N[C@@H]1c1cccc(F)c1. The number of hydrogen-bond donors (Lipinski definition) is 1. The molecule has 146 valence electrons. The largest absolute Gasteiger partial charge is 0.460 e. The molecule has 5 nitrogen and oxygen atoms in total. The first-order chi connectivity index (χ1) is 13.0. The molecule has 1 heterocycles. The van der Waals surface area contributed by atoms with E-state index in [-0.39, 0.29) is 18.5 Å². The second kappa shape index (κ2) is 8.80. The molecule has 1 aliphatic carbocycles. The van der Waals surface area contributed by atoms with Crippen LogP contribution in [0.4, 0.5) is 4.39 Å². The van der Waals surface area contributed by atoms with Gasteiger partial charge in [-0.3, -0.25) is 0 Å². The Morgan fingerprint density at radius 1 is 1.33 bits per heavy atom. The highest BCUT2D eigenvalue weighted by Crippen LogP contribution is 2.36. The van der Waals surface area contributed by atoms with Gasteiger partial charge in [0.05, 0.1) is 18.2 Å². The summed E-state index contributed by atoms with van der Waals surface area (Å²) >= 11 is 5.61. The molecule has 0 amide bonds. The van der Waals surface area contributed by atoms with E-state index in [9.17, 15) is 9.18 Å². The molecule has 1 aromatic carbocycles. The Kier molecular flexibility index (Phi) is 6.44. The maximum atomic E-state index is 13.8. The second-order valence-electron chi connectivity index (χ2n) is 6.87. The first-order valence-corrected chi connectivity index (χ1v) is 9.65. The predicted octanol–water partition coefficient (Wildman–Crippen LogP) is 3.46. The van der Waals surface area contributed by atoms with Gasteiger partial charge in [0.2, 0.25) is 0 Å². The summed E-state index contributed by atoms with van der Waals surface area (Å²) in [5.74, 6) is -0.792. The van der Waals surface area contributed by atoms with Crippen LogP contribution in [0.25, 0.3) is 0 Å². The van der Waals surface area contributed by atoms with Crippen LogP contribution in [0.2, 0.25) is 0 Å². The van der Waals surface area contributed by atoms with Crippen molar-refractivity contribution in [1.82, 2.24) is 10.2 Å². The number of carbonyl (C=O) groups excluding carboxylic acids is 1. The smallest absolute Gasteiger partial charge is 0.338 e. The zero-order chi connectivity index (χ0) is 19.4. The number of allylic oxidation sites excluding steroid dienone is 1. The minimum atomic E-state index is -0.541. The van der Waals surface area contributed by atoms with Crippen LogP contribution in [0, 0.1) is 5.82 Å². The van der Waals surface area contributed by atoms with Crippen molar-refractivity contribution in [1.29, 1.82) is 0 Å². The monoisotopic (exact) mass is 392 g/mol. The van der Waals surface area contributed by atoms with Crippen molar-refractivity contribution in [3.63, 3.8) is 0 Å². The number of methoxy groups -OCH3 is 1. The van der Waals surface area contributed by atoms with Gasteiger partial charge < -0.3 is 19.7 Å². The van der Waals surface area contributed by atoms with Crippen LogP contribution >= 0.6 is 12.2 Å². The lowest BCUT2D eigenvalue weighted by molar-refractivity contribution is -0.140. The number of ether oxygens (including phenoxy) is 2. The van der Waals surface area contributed by atoms with Crippen LogP contribution in [0.15, 0.2) is 35.5 Å². The maximum Gasteiger partial charge on any atom is 0.338 e. The van der Waals surface area contributed by atoms with Gasteiger partial charge in [0.1, 0.15) is 12.4 Å². The summed E-state index contributed by atoms with van der Waals surface area (Å²) in [6.07, 6.45) is 4.38. The number of nitrogens with one attached hydrogen (secondary N) is 1. The average molecular weight is 392 g/mol. The minimum absolute atomic E-state index is 0.163. The molecule has 0 spiro atoms. The summed E-state index contributed by atoms with van der Waals surface area (Å²) in [5.41, 5.74) is 1.89. The summed E-state index contributed by atoms with van der Waals surface area (Å²) in [6, 6.07) is 5.94. The fourth-order valence-electron chi connectivity index (χ4n) is 3.86. The van der Waals surface area contributed by atoms with Gasteiger partial charge in [-0.2, -0.15) is 0 Å². The van der Waals surface area contributed by atoms with Gasteiger partial charge in [0.15, 0.2) is 5.11 Å². The maximum absolute atomic E-state index is 13.8. The number of nitrogens with zero attached hydrogens (tertiary/aromatic N) is 1. The standard InChI is InChI=1S/C20H25FN2O3S/c1-13-17(19(24)26-11-10-25-2)18(14-6-5-7-15(21)12-14)22-20(27)23(13)16-8-3-4-9-16/h5-7,12,16,18H,3-4,8-11H2,1-2H3,(H,22,27)/t18-/m1/s1. The van der Waals surface area contributed by atoms with Crippen LogP contribution in [0.5, 0.6) is 0 Å². The number of halogens is 1.